The van der Waals surface area contributed by atoms with E-state index in [2.05, 4.69) is 39.6 Å². The van der Waals surface area contributed by atoms with Crippen LogP contribution in [0.2, 0.25) is 0 Å². The number of piperidine rings is 1. The molecule has 0 saturated carbocycles. The van der Waals surface area contributed by atoms with Crippen LogP contribution in [0.3, 0.4) is 0 Å². The number of benzene rings is 1. The molecule has 1 aromatic heterocycles. The number of rotatable bonds is 5. The van der Waals surface area contributed by atoms with Gasteiger partial charge >= 0.3 is 11.7 Å². The highest BCUT2D eigenvalue weighted by Crippen LogP contribution is 2.20. The molecule has 0 radical (unpaired) electrons. The first kappa shape index (κ1) is 22.4. The Labute approximate surface area is 188 Å². The molecule has 172 valence electrons. The quantitative estimate of drug-likeness (QED) is 0.647. The normalized spacial score (nSPS) is 22.0. The molecule has 2 saturated heterocycles. The fourth-order valence-corrected chi connectivity index (χ4v) is 4.45. The van der Waals surface area contributed by atoms with Crippen molar-refractivity contribution < 1.29 is 4.79 Å². The zero-order valence-corrected chi connectivity index (χ0v) is 18.7. The molecule has 2 aliphatic heterocycles. The topological polar surface area (TPSA) is 109 Å². The van der Waals surface area contributed by atoms with Crippen molar-refractivity contribution in [1.29, 1.82) is 0 Å². The van der Waals surface area contributed by atoms with Gasteiger partial charge in [0, 0.05) is 51.5 Å². The van der Waals surface area contributed by atoms with E-state index in [1.807, 2.05) is 12.1 Å². The van der Waals surface area contributed by atoms with E-state index in [0.717, 1.165) is 51.3 Å². The number of nitrogens with zero attached hydrogens (tertiary/aromatic N) is 4. The van der Waals surface area contributed by atoms with Crippen LogP contribution < -0.4 is 22.1 Å². The number of aromatic nitrogens is 2. The van der Waals surface area contributed by atoms with Crippen molar-refractivity contribution in [2.75, 3.05) is 44.6 Å². The van der Waals surface area contributed by atoms with Crippen molar-refractivity contribution in [3.63, 3.8) is 0 Å². The van der Waals surface area contributed by atoms with Gasteiger partial charge in [0.15, 0.2) is 0 Å². The first-order valence-electron chi connectivity index (χ1n) is 11.5. The number of nitrogens with two attached hydrogens (primary N) is 1. The van der Waals surface area contributed by atoms with E-state index in [1.165, 1.54) is 10.1 Å². The lowest BCUT2D eigenvalue weighted by Gasteiger charge is -2.36. The molecule has 2 atom stereocenters. The molecular weight excluding hydrogens is 406 g/mol. The Bertz CT molecular complexity index is 969. The van der Waals surface area contributed by atoms with Gasteiger partial charge in [-0.3, -0.25) is 14.8 Å². The number of piperazine rings is 1. The molecule has 0 spiro atoms. The Kier molecular flexibility index (Phi) is 7.19. The maximum absolute atomic E-state index is 12.6. The molecular formula is C23H33N7O2. The molecule has 9 nitrogen and oxygen atoms in total. The van der Waals surface area contributed by atoms with Gasteiger partial charge in [0.05, 0.1) is 5.69 Å². The zero-order chi connectivity index (χ0) is 22.5. The highest BCUT2D eigenvalue weighted by atomic mass is 16.2. The number of carbonyl (C=O) groups is 1. The monoisotopic (exact) mass is 439 g/mol. The van der Waals surface area contributed by atoms with Crippen molar-refractivity contribution >= 4 is 11.8 Å². The number of urea groups is 1. The lowest BCUT2D eigenvalue weighted by Crippen LogP contribution is -2.48. The first-order chi connectivity index (χ1) is 15.5. The van der Waals surface area contributed by atoms with Gasteiger partial charge in [-0.2, -0.15) is 4.98 Å². The maximum Gasteiger partial charge on any atom is 0.354 e. The zero-order valence-electron chi connectivity index (χ0n) is 18.7. The van der Waals surface area contributed by atoms with Gasteiger partial charge in [-0.05, 0) is 42.6 Å². The number of nitrogens with one attached hydrogen (secondary N) is 2. The van der Waals surface area contributed by atoms with E-state index in [9.17, 15) is 9.59 Å². The Balaban J connectivity index is 1.38. The summed E-state index contributed by atoms with van der Waals surface area (Å²) in [4.78, 5) is 33.1. The average molecular weight is 440 g/mol. The summed E-state index contributed by atoms with van der Waals surface area (Å²) in [7, 11) is 0. The third-order valence-corrected chi connectivity index (χ3v) is 6.46. The lowest BCUT2D eigenvalue weighted by molar-refractivity contribution is 0.145. The lowest BCUT2D eigenvalue weighted by atomic mass is 9.90. The summed E-state index contributed by atoms with van der Waals surface area (Å²) in [6, 6.07) is 9.70. The maximum atomic E-state index is 12.6. The van der Waals surface area contributed by atoms with Gasteiger partial charge in [-0.1, -0.05) is 25.5 Å². The second kappa shape index (κ2) is 10.2. The fourth-order valence-electron chi connectivity index (χ4n) is 4.45. The van der Waals surface area contributed by atoms with E-state index < -0.39 is 5.69 Å². The van der Waals surface area contributed by atoms with Gasteiger partial charge < -0.3 is 16.0 Å². The third kappa shape index (κ3) is 5.35. The van der Waals surface area contributed by atoms with Gasteiger partial charge in [-0.25, -0.2) is 9.59 Å². The second-order valence-electron chi connectivity index (χ2n) is 8.65. The molecule has 0 aliphatic carbocycles. The SMILES string of the molecule is CC[C@H]1CN(Cc2ccc(-n3ccc(NC(=O)N4CCNCC4)nc3=O)cc2)CC[C@@H]1N. The summed E-state index contributed by atoms with van der Waals surface area (Å²) < 4.78 is 1.48. The van der Waals surface area contributed by atoms with E-state index in [0.29, 0.717) is 25.0 Å². The molecule has 32 heavy (non-hydrogen) atoms. The predicted molar refractivity (Wildman–Crippen MR) is 125 cm³/mol. The molecule has 3 heterocycles. The largest absolute Gasteiger partial charge is 0.354 e. The molecule has 0 bridgehead atoms. The van der Waals surface area contributed by atoms with Gasteiger partial charge in [0.25, 0.3) is 0 Å². The molecule has 4 rings (SSSR count). The van der Waals surface area contributed by atoms with Crippen LogP contribution in [0.5, 0.6) is 0 Å². The Morgan fingerprint density at radius 3 is 2.62 bits per heavy atom. The number of hydrogen-bond donors (Lipinski definition) is 3. The molecule has 2 fully saturated rings. The van der Waals surface area contributed by atoms with Crippen molar-refractivity contribution in [2.45, 2.75) is 32.4 Å². The fraction of sp³-hybridized carbons (Fsp3) is 0.522. The van der Waals surface area contributed by atoms with E-state index in [4.69, 9.17) is 5.73 Å². The van der Waals surface area contributed by atoms with Crippen LogP contribution in [0.1, 0.15) is 25.3 Å². The molecule has 1 aromatic carbocycles. The van der Waals surface area contributed by atoms with Crippen molar-refractivity contribution in [2.24, 2.45) is 11.7 Å². The van der Waals surface area contributed by atoms with Crippen LogP contribution in [0.4, 0.5) is 10.6 Å². The summed E-state index contributed by atoms with van der Waals surface area (Å²) in [5.41, 5.74) is 7.76. The van der Waals surface area contributed by atoms with Crippen LogP contribution in [0.15, 0.2) is 41.3 Å². The Hall–Kier alpha value is -2.75. The average Bonchev–Trinajstić information content (AvgIpc) is 2.81. The van der Waals surface area contributed by atoms with Crippen molar-refractivity contribution in [3.8, 4) is 5.69 Å². The van der Waals surface area contributed by atoms with Crippen molar-refractivity contribution in [3.05, 3.63) is 52.6 Å². The molecule has 0 unspecified atom stereocenters. The number of amides is 2. The molecule has 4 N–H and O–H groups in total. The highest BCUT2D eigenvalue weighted by molar-refractivity contribution is 5.88. The summed E-state index contributed by atoms with van der Waals surface area (Å²) in [5.74, 6) is 0.818. The number of likely N-dealkylation sites (tertiary alicyclic amines) is 1. The minimum Gasteiger partial charge on any atom is -0.327 e. The van der Waals surface area contributed by atoms with E-state index >= 15 is 0 Å². The smallest absolute Gasteiger partial charge is 0.327 e. The summed E-state index contributed by atoms with van der Waals surface area (Å²) in [6.45, 7) is 7.95. The third-order valence-electron chi connectivity index (χ3n) is 6.46. The minimum atomic E-state index is -0.424. The van der Waals surface area contributed by atoms with Crippen LogP contribution in [0.25, 0.3) is 5.69 Å². The molecule has 2 amide bonds. The van der Waals surface area contributed by atoms with Crippen LogP contribution in [-0.4, -0.2) is 70.7 Å². The van der Waals surface area contributed by atoms with Crippen LogP contribution in [-0.2, 0) is 6.54 Å². The van der Waals surface area contributed by atoms with Gasteiger partial charge in [0.2, 0.25) is 0 Å². The van der Waals surface area contributed by atoms with Crippen LogP contribution in [0, 0.1) is 5.92 Å². The molecule has 2 aliphatic rings. The summed E-state index contributed by atoms with van der Waals surface area (Å²) in [5, 5.41) is 5.92. The molecule has 2 aromatic rings. The summed E-state index contributed by atoms with van der Waals surface area (Å²) >= 11 is 0. The minimum absolute atomic E-state index is 0.232. The van der Waals surface area contributed by atoms with Gasteiger partial charge in [-0.15, -0.1) is 0 Å². The summed E-state index contributed by atoms with van der Waals surface area (Å²) in [6.07, 6.45) is 3.79. The first-order valence-corrected chi connectivity index (χ1v) is 11.5. The molecule has 9 heteroatoms. The highest BCUT2D eigenvalue weighted by Gasteiger charge is 2.25. The van der Waals surface area contributed by atoms with E-state index in [-0.39, 0.29) is 11.8 Å². The second-order valence-corrected chi connectivity index (χ2v) is 8.65. The number of hydrogen-bond acceptors (Lipinski definition) is 6. The van der Waals surface area contributed by atoms with Gasteiger partial charge in [0.1, 0.15) is 5.82 Å². The van der Waals surface area contributed by atoms with E-state index in [1.54, 1.807) is 17.2 Å². The predicted octanol–water partition coefficient (Wildman–Crippen LogP) is 1.23. The number of anilines is 1. The Morgan fingerprint density at radius 2 is 1.94 bits per heavy atom. The van der Waals surface area contributed by atoms with Crippen LogP contribution >= 0.6 is 0 Å². The standard InChI is InChI=1S/C23H33N7O2/c1-2-18-16-28(11-7-20(18)24)15-17-3-5-19(6-4-17)30-12-8-21(27-23(30)32)26-22(31)29-13-9-25-10-14-29/h3-6,8,12,18,20,25H,2,7,9-11,13-16,24H2,1H3,(H,26,27,31,32)/t18-,20-/m0/s1. The Morgan fingerprint density at radius 1 is 1.19 bits per heavy atom. The van der Waals surface area contributed by atoms with Crippen molar-refractivity contribution in [1.82, 2.24) is 24.7 Å². The number of carbonyl (C=O) groups excluding carboxylic acids is 1.